The first-order chi connectivity index (χ1) is 8.77. The molecule has 0 aliphatic rings. The third-order valence-corrected chi connectivity index (χ3v) is 2.60. The Bertz CT molecular complexity index is 496. The maximum absolute atomic E-state index is 9.11. The second-order valence-electron chi connectivity index (χ2n) is 4.26. The maximum atomic E-state index is 9.11. The highest BCUT2D eigenvalue weighted by molar-refractivity contribution is 5.90. The van der Waals surface area contributed by atoms with Crippen molar-refractivity contribution >= 4 is 16.6 Å². The van der Waals surface area contributed by atoms with Gasteiger partial charge in [-0.1, -0.05) is 18.2 Å². The molecule has 0 spiro atoms. The van der Waals surface area contributed by atoms with Crippen molar-refractivity contribution in [3.8, 4) is 0 Å². The Morgan fingerprint density at radius 2 is 2.11 bits per heavy atom. The van der Waals surface area contributed by atoms with Crippen LogP contribution in [0.2, 0.25) is 0 Å². The van der Waals surface area contributed by atoms with E-state index in [1.54, 1.807) is 13.1 Å². The normalized spacial score (nSPS) is 12.6. The molecule has 2 rings (SSSR count). The summed E-state index contributed by atoms with van der Waals surface area (Å²) in [7, 11) is 0. The first-order valence-electron chi connectivity index (χ1n) is 6.10. The number of nitrogens with one attached hydrogen (secondary N) is 2. The van der Waals surface area contributed by atoms with Crippen molar-refractivity contribution < 1.29 is 5.11 Å². The SMILES string of the molecule is CC(O)CNCCNc1cnnc2ccccc12. The molecule has 5 heteroatoms. The summed E-state index contributed by atoms with van der Waals surface area (Å²) in [5.74, 6) is 0. The zero-order valence-electron chi connectivity index (χ0n) is 10.4. The summed E-state index contributed by atoms with van der Waals surface area (Å²) in [5, 5.41) is 24.7. The Kier molecular flexibility index (Phi) is 4.44. The fourth-order valence-corrected chi connectivity index (χ4v) is 1.74. The number of benzene rings is 1. The third kappa shape index (κ3) is 3.38. The van der Waals surface area contributed by atoms with Crippen molar-refractivity contribution in [2.24, 2.45) is 0 Å². The molecule has 5 nitrogen and oxygen atoms in total. The zero-order chi connectivity index (χ0) is 12.8. The van der Waals surface area contributed by atoms with Gasteiger partial charge in [-0.05, 0) is 13.0 Å². The number of anilines is 1. The molecule has 1 unspecified atom stereocenters. The summed E-state index contributed by atoms with van der Waals surface area (Å²) in [6, 6.07) is 7.90. The summed E-state index contributed by atoms with van der Waals surface area (Å²) < 4.78 is 0. The monoisotopic (exact) mass is 246 g/mol. The van der Waals surface area contributed by atoms with Crippen LogP contribution in [-0.4, -0.2) is 41.0 Å². The van der Waals surface area contributed by atoms with Crippen molar-refractivity contribution in [1.29, 1.82) is 0 Å². The van der Waals surface area contributed by atoms with Crippen LogP contribution in [0.15, 0.2) is 30.5 Å². The van der Waals surface area contributed by atoms with Gasteiger partial charge in [-0.25, -0.2) is 0 Å². The predicted octanol–water partition coefficient (Wildman–Crippen LogP) is 1.01. The van der Waals surface area contributed by atoms with Gasteiger partial charge < -0.3 is 15.7 Å². The molecular formula is C13H18N4O. The van der Waals surface area contributed by atoms with Crippen LogP contribution in [-0.2, 0) is 0 Å². The summed E-state index contributed by atoms with van der Waals surface area (Å²) in [6.07, 6.45) is 1.42. The molecule has 0 aliphatic heterocycles. The molecule has 1 atom stereocenters. The van der Waals surface area contributed by atoms with Crippen molar-refractivity contribution in [3.05, 3.63) is 30.5 Å². The van der Waals surface area contributed by atoms with E-state index in [1.165, 1.54) is 0 Å². The minimum atomic E-state index is -0.312. The molecule has 1 aromatic carbocycles. The Morgan fingerprint density at radius 3 is 2.94 bits per heavy atom. The van der Waals surface area contributed by atoms with Crippen LogP contribution >= 0.6 is 0 Å². The van der Waals surface area contributed by atoms with Gasteiger partial charge in [-0.3, -0.25) is 0 Å². The summed E-state index contributed by atoms with van der Waals surface area (Å²) in [5.41, 5.74) is 1.87. The molecule has 0 saturated carbocycles. The van der Waals surface area contributed by atoms with Crippen molar-refractivity contribution in [2.45, 2.75) is 13.0 Å². The van der Waals surface area contributed by atoms with E-state index in [2.05, 4.69) is 20.8 Å². The number of hydrogen-bond donors (Lipinski definition) is 3. The molecule has 1 aromatic heterocycles. The fourth-order valence-electron chi connectivity index (χ4n) is 1.74. The smallest absolute Gasteiger partial charge is 0.0950 e. The maximum Gasteiger partial charge on any atom is 0.0950 e. The molecule has 96 valence electrons. The van der Waals surface area contributed by atoms with Gasteiger partial charge in [0.2, 0.25) is 0 Å². The molecule has 1 heterocycles. The van der Waals surface area contributed by atoms with E-state index in [4.69, 9.17) is 5.11 Å². The second kappa shape index (κ2) is 6.28. The van der Waals surface area contributed by atoms with E-state index in [-0.39, 0.29) is 6.10 Å². The lowest BCUT2D eigenvalue weighted by molar-refractivity contribution is 0.192. The quantitative estimate of drug-likeness (QED) is 0.664. The highest BCUT2D eigenvalue weighted by Crippen LogP contribution is 2.19. The number of aliphatic hydroxyl groups excluding tert-OH is 1. The van der Waals surface area contributed by atoms with Crippen LogP contribution in [0.4, 0.5) is 5.69 Å². The van der Waals surface area contributed by atoms with E-state index in [9.17, 15) is 0 Å². The average molecular weight is 246 g/mol. The summed E-state index contributed by atoms with van der Waals surface area (Å²) in [6.45, 7) is 3.95. The Labute approximate surface area is 106 Å². The van der Waals surface area contributed by atoms with Crippen LogP contribution in [0, 0.1) is 0 Å². The molecule has 3 N–H and O–H groups in total. The van der Waals surface area contributed by atoms with E-state index < -0.39 is 0 Å². The molecule has 0 saturated heterocycles. The number of aliphatic hydroxyl groups is 1. The van der Waals surface area contributed by atoms with Gasteiger partial charge in [0.25, 0.3) is 0 Å². The second-order valence-corrected chi connectivity index (χ2v) is 4.26. The number of fused-ring (bicyclic) bond motifs is 1. The van der Waals surface area contributed by atoms with Crippen molar-refractivity contribution in [1.82, 2.24) is 15.5 Å². The highest BCUT2D eigenvalue weighted by atomic mass is 16.3. The molecular weight excluding hydrogens is 228 g/mol. The van der Waals surface area contributed by atoms with E-state index in [1.807, 2.05) is 24.3 Å². The molecule has 0 amide bonds. The van der Waals surface area contributed by atoms with Crippen LogP contribution in [0.5, 0.6) is 0 Å². The van der Waals surface area contributed by atoms with Gasteiger partial charge in [0.15, 0.2) is 0 Å². The Hall–Kier alpha value is -1.72. The summed E-state index contributed by atoms with van der Waals surface area (Å²) >= 11 is 0. The fraction of sp³-hybridized carbons (Fsp3) is 0.385. The van der Waals surface area contributed by atoms with Gasteiger partial charge in [0.05, 0.1) is 23.5 Å². The highest BCUT2D eigenvalue weighted by Gasteiger charge is 2.01. The van der Waals surface area contributed by atoms with E-state index in [0.29, 0.717) is 6.54 Å². The lowest BCUT2D eigenvalue weighted by Crippen LogP contribution is -2.29. The van der Waals surface area contributed by atoms with Gasteiger partial charge >= 0.3 is 0 Å². The molecule has 0 radical (unpaired) electrons. The van der Waals surface area contributed by atoms with Gasteiger partial charge in [0, 0.05) is 25.0 Å². The van der Waals surface area contributed by atoms with E-state index >= 15 is 0 Å². The van der Waals surface area contributed by atoms with Crippen molar-refractivity contribution in [2.75, 3.05) is 25.0 Å². The largest absolute Gasteiger partial charge is 0.392 e. The third-order valence-electron chi connectivity index (χ3n) is 2.60. The first-order valence-corrected chi connectivity index (χ1v) is 6.10. The van der Waals surface area contributed by atoms with Crippen LogP contribution in [0.3, 0.4) is 0 Å². The number of aromatic nitrogens is 2. The Morgan fingerprint density at radius 1 is 1.28 bits per heavy atom. The predicted molar refractivity (Wildman–Crippen MR) is 72.6 cm³/mol. The minimum Gasteiger partial charge on any atom is -0.392 e. The minimum absolute atomic E-state index is 0.312. The van der Waals surface area contributed by atoms with Gasteiger partial charge in [-0.2, -0.15) is 10.2 Å². The molecule has 0 bridgehead atoms. The first kappa shape index (κ1) is 12.7. The van der Waals surface area contributed by atoms with Crippen LogP contribution in [0.25, 0.3) is 10.9 Å². The Balaban J connectivity index is 1.91. The molecule has 2 aromatic rings. The van der Waals surface area contributed by atoms with Gasteiger partial charge in [0.1, 0.15) is 0 Å². The van der Waals surface area contributed by atoms with Crippen LogP contribution < -0.4 is 10.6 Å². The van der Waals surface area contributed by atoms with Crippen LogP contribution in [0.1, 0.15) is 6.92 Å². The van der Waals surface area contributed by atoms with Crippen molar-refractivity contribution in [3.63, 3.8) is 0 Å². The number of hydrogen-bond acceptors (Lipinski definition) is 5. The lowest BCUT2D eigenvalue weighted by atomic mass is 10.2. The topological polar surface area (TPSA) is 70.1 Å². The molecule has 0 aliphatic carbocycles. The average Bonchev–Trinajstić information content (AvgIpc) is 2.38. The van der Waals surface area contributed by atoms with Gasteiger partial charge in [-0.15, -0.1) is 0 Å². The van der Waals surface area contributed by atoms with E-state index in [0.717, 1.165) is 29.7 Å². The summed E-state index contributed by atoms with van der Waals surface area (Å²) in [4.78, 5) is 0. The number of nitrogens with zero attached hydrogens (tertiary/aromatic N) is 2. The number of rotatable bonds is 6. The lowest BCUT2D eigenvalue weighted by Gasteiger charge is -2.10. The zero-order valence-corrected chi connectivity index (χ0v) is 10.4. The standard InChI is InChI=1S/C13H18N4O/c1-10(18)8-14-6-7-15-13-9-16-17-12-5-3-2-4-11(12)13/h2-5,9-10,14,18H,6-8H2,1H3,(H,15,17). The molecule has 18 heavy (non-hydrogen) atoms. The molecule has 0 fully saturated rings.